The van der Waals surface area contributed by atoms with Gasteiger partial charge in [-0.05, 0) is 36.8 Å². The molecule has 2 aromatic rings. The Morgan fingerprint density at radius 3 is 2.86 bits per heavy atom. The van der Waals surface area contributed by atoms with Gasteiger partial charge in [-0.3, -0.25) is 10.1 Å². The minimum Gasteiger partial charge on any atom is -0.321 e. The first-order valence-corrected chi connectivity index (χ1v) is 11.4. The van der Waals surface area contributed by atoms with Crippen LogP contribution in [0.5, 0.6) is 0 Å². The predicted octanol–water partition coefficient (Wildman–Crippen LogP) is 0.614. The van der Waals surface area contributed by atoms with E-state index in [-0.39, 0.29) is 5.91 Å². The zero-order valence-electron chi connectivity index (χ0n) is 16.9. The molecule has 0 atom stereocenters. The lowest BCUT2D eigenvalue weighted by Gasteiger charge is -2.28. The Hall–Kier alpha value is -2.50. The molecule has 2 aliphatic rings. The molecule has 7 nitrogen and oxygen atoms in total. The van der Waals surface area contributed by atoms with Crippen LogP contribution in [0.2, 0.25) is 0 Å². The van der Waals surface area contributed by atoms with Crippen LogP contribution >= 0.6 is 11.3 Å². The van der Waals surface area contributed by atoms with Crippen LogP contribution < -0.4 is 20.1 Å². The quantitative estimate of drug-likeness (QED) is 0.728. The van der Waals surface area contributed by atoms with Crippen molar-refractivity contribution in [3.8, 4) is 6.07 Å². The molecule has 0 bridgehead atoms. The third kappa shape index (κ3) is 4.26. The van der Waals surface area contributed by atoms with Crippen LogP contribution in [0.25, 0.3) is 0 Å². The van der Waals surface area contributed by atoms with E-state index in [1.54, 1.807) is 6.20 Å². The number of rotatable bonds is 6. The highest BCUT2D eigenvalue weighted by Crippen LogP contribution is 2.31. The van der Waals surface area contributed by atoms with E-state index in [2.05, 4.69) is 33.2 Å². The van der Waals surface area contributed by atoms with E-state index in [0.29, 0.717) is 11.7 Å². The molecule has 1 saturated heterocycles. The van der Waals surface area contributed by atoms with Crippen LogP contribution in [0.3, 0.4) is 0 Å². The van der Waals surface area contributed by atoms with Gasteiger partial charge in [-0.1, -0.05) is 6.92 Å². The molecule has 1 fully saturated rings. The van der Waals surface area contributed by atoms with Crippen LogP contribution in [0, 0.1) is 11.3 Å². The highest BCUT2D eigenvalue weighted by Gasteiger charge is 2.33. The van der Waals surface area contributed by atoms with Gasteiger partial charge in [-0.2, -0.15) is 5.26 Å². The number of thiazole rings is 1. The summed E-state index contributed by atoms with van der Waals surface area (Å²) in [6.45, 7) is 6.10. The molecule has 3 heterocycles. The van der Waals surface area contributed by atoms with E-state index in [4.69, 9.17) is 0 Å². The standard InChI is InChI=1S/C21H26N6OS/c1-2-4-18-16-6-3-5-15(16)17(13-22)20(24-18)27-10-8-26(9-11-27)14-19(28)25-21-23-7-12-29-21/h7,12H,2-6,8-11,14H2,1H3,(H,23,25,28)/p+2. The third-order valence-electron chi connectivity index (χ3n) is 5.88. The van der Waals surface area contributed by atoms with E-state index in [1.807, 2.05) is 5.38 Å². The fourth-order valence-electron chi connectivity index (χ4n) is 4.50. The summed E-state index contributed by atoms with van der Waals surface area (Å²) in [5, 5.41) is 15.2. The summed E-state index contributed by atoms with van der Waals surface area (Å²) in [7, 11) is 0. The van der Waals surface area contributed by atoms with E-state index in [0.717, 1.165) is 69.7 Å². The van der Waals surface area contributed by atoms with Gasteiger partial charge < -0.3 is 4.90 Å². The van der Waals surface area contributed by atoms with Crippen LogP contribution in [0.4, 0.5) is 10.9 Å². The first-order valence-electron chi connectivity index (χ1n) is 10.5. The second kappa shape index (κ2) is 8.89. The molecule has 0 saturated carbocycles. The number of quaternary nitrogens is 1. The molecule has 152 valence electrons. The summed E-state index contributed by atoms with van der Waals surface area (Å²) in [6.07, 6.45) is 7.06. The monoisotopic (exact) mass is 412 g/mol. The van der Waals surface area contributed by atoms with Crippen molar-refractivity contribution in [1.29, 1.82) is 5.26 Å². The summed E-state index contributed by atoms with van der Waals surface area (Å²) >= 11 is 1.43. The lowest BCUT2D eigenvalue weighted by atomic mass is 10.0. The largest absolute Gasteiger partial charge is 0.321 e. The Morgan fingerprint density at radius 1 is 1.38 bits per heavy atom. The van der Waals surface area contributed by atoms with Gasteiger partial charge in [0, 0.05) is 18.0 Å². The molecule has 3 N–H and O–H groups in total. The molecule has 0 radical (unpaired) electrons. The van der Waals surface area contributed by atoms with E-state index in [9.17, 15) is 10.1 Å². The number of hydrogen-bond donors (Lipinski definition) is 2. The molecular formula is C21H28N6OS+2. The highest BCUT2D eigenvalue weighted by atomic mass is 32.1. The zero-order valence-corrected chi connectivity index (χ0v) is 17.7. The normalized spacial score (nSPS) is 16.5. The van der Waals surface area contributed by atoms with E-state index in [1.165, 1.54) is 33.1 Å². The van der Waals surface area contributed by atoms with Crippen molar-refractivity contribution in [2.45, 2.75) is 39.0 Å². The maximum Gasteiger partial charge on any atom is 0.293 e. The number of nitrogens with zero attached hydrogens (tertiary/aromatic N) is 3. The number of piperazine rings is 1. The van der Waals surface area contributed by atoms with Gasteiger partial charge in [-0.25, -0.2) is 14.9 Å². The number of amides is 1. The number of pyridine rings is 1. The minimum absolute atomic E-state index is 0.00967. The van der Waals surface area contributed by atoms with Crippen molar-refractivity contribution in [1.82, 2.24) is 4.98 Å². The van der Waals surface area contributed by atoms with Crippen LogP contribution in [-0.4, -0.2) is 43.6 Å². The Bertz CT molecular complexity index is 912. The predicted molar refractivity (Wildman–Crippen MR) is 112 cm³/mol. The molecule has 4 rings (SSSR count). The molecule has 1 amide bonds. The van der Waals surface area contributed by atoms with Gasteiger partial charge in [0.05, 0.1) is 0 Å². The van der Waals surface area contributed by atoms with Crippen LogP contribution in [0.15, 0.2) is 11.6 Å². The first kappa shape index (κ1) is 19.8. The number of nitrogens with one attached hydrogen (secondary N) is 3. The summed E-state index contributed by atoms with van der Waals surface area (Å²) in [5.74, 6) is 0.998. The summed E-state index contributed by atoms with van der Waals surface area (Å²) in [5.41, 5.74) is 4.80. The fraction of sp³-hybridized carbons (Fsp3) is 0.524. The highest BCUT2D eigenvalue weighted by molar-refractivity contribution is 7.13. The maximum absolute atomic E-state index is 12.2. The second-order valence-corrected chi connectivity index (χ2v) is 8.69. The van der Waals surface area contributed by atoms with Crippen molar-refractivity contribution >= 4 is 28.2 Å². The molecule has 8 heteroatoms. The van der Waals surface area contributed by atoms with Gasteiger partial charge in [0.1, 0.15) is 43.5 Å². The molecule has 1 aliphatic heterocycles. The third-order valence-corrected chi connectivity index (χ3v) is 6.57. The number of nitriles is 1. The van der Waals surface area contributed by atoms with Gasteiger partial charge in [0.15, 0.2) is 11.7 Å². The molecule has 0 aromatic carbocycles. The maximum atomic E-state index is 12.2. The number of fused-ring (bicyclic) bond motifs is 1. The Balaban J connectivity index is 1.44. The number of aromatic nitrogens is 2. The molecule has 0 unspecified atom stereocenters. The number of aromatic amines is 1. The van der Waals surface area contributed by atoms with Crippen molar-refractivity contribution in [2.24, 2.45) is 0 Å². The number of hydrogen-bond acceptors (Lipinski definition) is 5. The fourth-order valence-corrected chi connectivity index (χ4v) is 5.04. The van der Waals surface area contributed by atoms with Crippen molar-refractivity contribution in [2.75, 3.05) is 42.9 Å². The Morgan fingerprint density at radius 2 is 2.17 bits per heavy atom. The number of aryl methyl sites for hydroxylation is 1. The molecule has 1 aliphatic carbocycles. The van der Waals surface area contributed by atoms with Gasteiger partial charge in [-0.15, -0.1) is 11.3 Å². The van der Waals surface area contributed by atoms with E-state index >= 15 is 0 Å². The minimum atomic E-state index is 0.00967. The van der Waals surface area contributed by atoms with E-state index < -0.39 is 0 Å². The number of anilines is 2. The topological polar surface area (TPSA) is 87.6 Å². The lowest BCUT2D eigenvalue weighted by molar-refractivity contribution is -0.892. The van der Waals surface area contributed by atoms with Gasteiger partial charge >= 0.3 is 0 Å². The number of H-pyrrole nitrogens is 1. The van der Waals surface area contributed by atoms with Crippen molar-refractivity contribution < 1.29 is 14.7 Å². The Kier molecular flexibility index (Phi) is 6.07. The average Bonchev–Trinajstić information content (AvgIpc) is 3.40. The Labute approximate surface area is 175 Å². The molecule has 0 spiro atoms. The number of carbonyl (C=O) groups is 1. The summed E-state index contributed by atoms with van der Waals surface area (Å²) in [4.78, 5) is 23.6. The number of carbonyl (C=O) groups excluding carboxylic acids is 1. The van der Waals surface area contributed by atoms with Gasteiger partial charge in [0.25, 0.3) is 11.7 Å². The smallest absolute Gasteiger partial charge is 0.293 e. The van der Waals surface area contributed by atoms with Crippen LogP contribution in [0.1, 0.15) is 42.1 Å². The summed E-state index contributed by atoms with van der Waals surface area (Å²) < 4.78 is 0. The molecule has 2 aromatic heterocycles. The summed E-state index contributed by atoms with van der Waals surface area (Å²) in [6, 6.07) is 2.48. The average molecular weight is 413 g/mol. The van der Waals surface area contributed by atoms with Crippen molar-refractivity contribution in [3.63, 3.8) is 0 Å². The van der Waals surface area contributed by atoms with Gasteiger partial charge in [0.2, 0.25) is 0 Å². The SMILES string of the molecule is CCCc1[nH+]c(N2CC[NH+](CC(=O)Nc3nccs3)CC2)c(C#N)c2c1CCC2. The second-order valence-electron chi connectivity index (χ2n) is 7.80. The first-order chi connectivity index (χ1) is 14.2. The zero-order chi connectivity index (χ0) is 20.2. The molecular weight excluding hydrogens is 384 g/mol. The van der Waals surface area contributed by atoms with Crippen LogP contribution in [-0.2, 0) is 24.1 Å². The van der Waals surface area contributed by atoms with Crippen molar-refractivity contribution in [3.05, 3.63) is 34.0 Å². The molecule has 29 heavy (non-hydrogen) atoms. The lowest BCUT2D eigenvalue weighted by Crippen LogP contribution is -3.15.